The molecule has 6 heteroatoms. The van der Waals surface area contributed by atoms with Gasteiger partial charge >= 0.3 is 0 Å². The van der Waals surface area contributed by atoms with Gasteiger partial charge in [-0.15, -0.1) is 0 Å². The lowest BCUT2D eigenvalue weighted by Gasteiger charge is -2.33. The number of fused-ring (bicyclic) bond motifs is 2. The summed E-state index contributed by atoms with van der Waals surface area (Å²) in [4.78, 5) is 51.7. The molecule has 0 aliphatic carbocycles. The zero-order valence-corrected chi connectivity index (χ0v) is 26.0. The van der Waals surface area contributed by atoms with Crippen LogP contribution >= 0.6 is 0 Å². The molecular weight excluding hydrogens is 596 g/mol. The van der Waals surface area contributed by atoms with Gasteiger partial charge in [0.05, 0.1) is 11.4 Å². The van der Waals surface area contributed by atoms with Crippen LogP contribution in [0.3, 0.4) is 0 Å². The predicted molar refractivity (Wildman–Crippen MR) is 189 cm³/mol. The molecule has 0 saturated heterocycles. The molecule has 6 nitrogen and oxygen atoms in total. The van der Waals surface area contributed by atoms with Gasteiger partial charge in [-0.25, -0.2) is 9.80 Å². The third kappa shape index (κ3) is 4.74. The van der Waals surface area contributed by atoms with Gasteiger partial charge in [0.15, 0.2) is 0 Å². The Morgan fingerprint density at radius 3 is 1.23 bits per heavy atom. The number of nitrogens with zero attached hydrogens (tertiary/aromatic N) is 2. The second kappa shape index (κ2) is 11.1. The molecule has 0 saturated carbocycles. The Morgan fingerprint density at radius 1 is 0.396 bits per heavy atom. The fourth-order valence-electron chi connectivity index (χ4n) is 6.80. The molecule has 4 amide bonds. The van der Waals surface area contributed by atoms with Gasteiger partial charge < -0.3 is 0 Å². The molecule has 0 aromatic heterocycles. The zero-order chi connectivity index (χ0) is 33.0. The number of hydrogen-bond donors (Lipinski definition) is 0. The Hall–Kier alpha value is -6.40. The van der Waals surface area contributed by atoms with E-state index in [0.29, 0.717) is 11.4 Å². The zero-order valence-electron chi connectivity index (χ0n) is 26.0. The molecular formula is C42H28N2O4. The van der Waals surface area contributed by atoms with Gasteiger partial charge in [0.25, 0.3) is 23.6 Å². The van der Waals surface area contributed by atoms with Gasteiger partial charge in [0, 0.05) is 29.7 Å². The first-order valence-electron chi connectivity index (χ1n) is 15.7. The first-order chi connectivity index (χ1) is 23.3. The number of amides is 4. The van der Waals surface area contributed by atoms with Crippen LogP contribution in [0, 0.1) is 0 Å². The highest BCUT2D eigenvalue weighted by molar-refractivity contribution is 6.29. The van der Waals surface area contributed by atoms with Crippen LogP contribution in [0.2, 0.25) is 0 Å². The molecule has 0 spiro atoms. The minimum atomic E-state index is -0.579. The van der Waals surface area contributed by atoms with Crippen LogP contribution in [0.5, 0.6) is 0 Å². The van der Waals surface area contributed by atoms with E-state index in [9.17, 15) is 19.2 Å². The van der Waals surface area contributed by atoms with E-state index >= 15 is 0 Å². The lowest BCUT2D eigenvalue weighted by Crippen LogP contribution is -2.29. The average molecular weight is 625 g/mol. The molecule has 0 radical (unpaired) electrons. The molecule has 2 aliphatic heterocycles. The third-order valence-corrected chi connectivity index (χ3v) is 9.51. The lowest BCUT2D eigenvalue weighted by atomic mass is 9.70. The number of anilines is 2. The molecule has 230 valence electrons. The normalized spacial score (nSPS) is 14.7. The van der Waals surface area contributed by atoms with Gasteiger partial charge in [-0.2, -0.15) is 0 Å². The lowest BCUT2D eigenvalue weighted by molar-refractivity contribution is -0.121. The van der Waals surface area contributed by atoms with Gasteiger partial charge in [-0.3, -0.25) is 19.2 Å². The Bertz CT molecular complexity index is 2230. The van der Waals surface area contributed by atoms with Crippen LogP contribution in [0.15, 0.2) is 152 Å². The van der Waals surface area contributed by atoms with Crippen molar-refractivity contribution < 1.29 is 19.2 Å². The van der Waals surface area contributed by atoms with Crippen LogP contribution in [0.4, 0.5) is 11.4 Å². The minimum Gasteiger partial charge on any atom is -0.269 e. The molecule has 2 aliphatic rings. The van der Waals surface area contributed by atoms with Crippen molar-refractivity contribution in [2.45, 2.75) is 12.3 Å². The molecule has 0 bridgehead atoms. The standard InChI is InChI=1S/C42H28N2O4/c1-42(33-13-7-28(8-14-33)27-5-3-2-4-6-27,34-15-9-31-25-36(17-11-29(31)23-34)43-38(45)19-20-39(43)46)35-16-10-32-26-37(18-12-30(32)24-35)44-40(47)21-22-41(44)48/h2-26H,1H3. The van der Waals surface area contributed by atoms with Crippen molar-refractivity contribution >= 4 is 56.5 Å². The Labute approximate surface area is 276 Å². The molecule has 0 fully saturated rings. The summed E-state index contributed by atoms with van der Waals surface area (Å²) in [6, 6.07) is 42.8. The maximum absolute atomic E-state index is 12.3. The molecule has 6 aromatic carbocycles. The third-order valence-electron chi connectivity index (χ3n) is 9.51. The summed E-state index contributed by atoms with van der Waals surface area (Å²) >= 11 is 0. The van der Waals surface area contributed by atoms with Crippen LogP contribution in [0.1, 0.15) is 23.6 Å². The van der Waals surface area contributed by atoms with Crippen molar-refractivity contribution in [3.63, 3.8) is 0 Å². The highest BCUT2D eigenvalue weighted by Gasteiger charge is 2.33. The number of carbonyl (C=O) groups is 4. The van der Waals surface area contributed by atoms with E-state index in [1.165, 1.54) is 34.1 Å². The molecule has 0 atom stereocenters. The van der Waals surface area contributed by atoms with E-state index in [1.54, 1.807) is 12.1 Å². The first-order valence-corrected chi connectivity index (χ1v) is 15.7. The summed E-state index contributed by atoms with van der Waals surface area (Å²) in [5.74, 6) is -1.38. The molecule has 8 rings (SSSR count). The fraction of sp³-hybridized carbons (Fsp3) is 0.0476. The van der Waals surface area contributed by atoms with Crippen molar-refractivity contribution in [2.75, 3.05) is 9.80 Å². The predicted octanol–water partition coefficient (Wildman–Crippen LogP) is 7.87. The number of hydrogen-bond acceptors (Lipinski definition) is 4. The summed E-state index contributed by atoms with van der Waals surface area (Å²) in [6.45, 7) is 2.22. The highest BCUT2D eigenvalue weighted by atomic mass is 16.2. The number of carbonyl (C=O) groups excluding carboxylic acids is 4. The SMILES string of the molecule is CC(c1ccc(-c2ccccc2)cc1)(c1ccc2cc(N3C(=O)C=CC3=O)ccc2c1)c1ccc2cc(N3C(=O)C=CC3=O)ccc2c1. The largest absolute Gasteiger partial charge is 0.269 e. The summed E-state index contributed by atoms with van der Waals surface area (Å²) in [5.41, 5.74) is 6.01. The van der Waals surface area contributed by atoms with Crippen LogP contribution in [-0.2, 0) is 24.6 Å². The smallest absolute Gasteiger partial charge is 0.258 e. The van der Waals surface area contributed by atoms with Crippen LogP contribution in [-0.4, -0.2) is 23.6 Å². The van der Waals surface area contributed by atoms with Gasteiger partial charge in [-0.1, -0.05) is 91.0 Å². The topological polar surface area (TPSA) is 74.8 Å². The van der Waals surface area contributed by atoms with E-state index in [0.717, 1.165) is 49.4 Å². The van der Waals surface area contributed by atoms with E-state index < -0.39 is 5.41 Å². The van der Waals surface area contributed by atoms with Crippen molar-refractivity contribution in [3.05, 3.63) is 168 Å². The monoisotopic (exact) mass is 624 g/mol. The molecule has 0 N–H and O–H groups in total. The summed E-state index contributed by atoms with van der Waals surface area (Å²) < 4.78 is 0. The first kappa shape index (κ1) is 29.0. The molecule has 48 heavy (non-hydrogen) atoms. The van der Waals surface area contributed by atoms with E-state index in [1.807, 2.05) is 54.6 Å². The maximum atomic E-state index is 12.3. The van der Waals surface area contributed by atoms with Gasteiger partial charge in [0.2, 0.25) is 0 Å². The minimum absolute atomic E-state index is 0.346. The van der Waals surface area contributed by atoms with E-state index in [4.69, 9.17) is 0 Å². The molecule has 6 aromatic rings. The Kier molecular flexibility index (Phi) is 6.74. The van der Waals surface area contributed by atoms with Crippen molar-refractivity contribution in [2.24, 2.45) is 0 Å². The second-order valence-electron chi connectivity index (χ2n) is 12.3. The van der Waals surface area contributed by atoms with E-state index in [2.05, 4.69) is 67.6 Å². The van der Waals surface area contributed by atoms with Crippen LogP contribution < -0.4 is 9.80 Å². The molecule has 0 unspecified atom stereocenters. The Morgan fingerprint density at radius 2 is 0.771 bits per heavy atom. The summed E-state index contributed by atoms with van der Waals surface area (Å²) in [5, 5.41) is 3.79. The fourth-order valence-corrected chi connectivity index (χ4v) is 6.80. The highest BCUT2D eigenvalue weighted by Crippen LogP contribution is 2.42. The second-order valence-corrected chi connectivity index (χ2v) is 12.3. The number of rotatable bonds is 6. The number of imide groups is 2. The van der Waals surface area contributed by atoms with E-state index in [-0.39, 0.29) is 23.6 Å². The maximum Gasteiger partial charge on any atom is 0.258 e. The quantitative estimate of drug-likeness (QED) is 0.140. The Balaban J connectivity index is 1.24. The van der Waals surface area contributed by atoms with Crippen molar-refractivity contribution in [1.82, 2.24) is 0 Å². The number of benzene rings is 6. The van der Waals surface area contributed by atoms with Crippen molar-refractivity contribution in [1.29, 1.82) is 0 Å². The van der Waals surface area contributed by atoms with Crippen molar-refractivity contribution in [3.8, 4) is 11.1 Å². The van der Waals surface area contributed by atoms with Crippen LogP contribution in [0.25, 0.3) is 32.7 Å². The van der Waals surface area contributed by atoms with Gasteiger partial charge in [-0.05, 0) is 92.7 Å². The summed E-state index contributed by atoms with van der Waals surface area (Å²) in [7, 11) is 0. The average Bonchev–Trinajstić information content (AvgIpc) is 3.65. The summed E-state index contributed by atoms with van der Waals surface area (Å²) in [6.07, 6.45) is 5.16. The van der Waals surface area contributed by atoms with Gasteiger partial charge in [0.1, 0.15) is 0 Å². The molecule has 2 heterocycles.